The van der Waals surface area contributed by atoms with E-state index in [1.807, 2.05) is 32.0 Å². The highest BCUT2D eigenvalue weighted by Crippen LogP contribution is 2.23. The fourth-order valence-corrected chi connectivity index (χ4v) is 2.29. The molecule has 0 aliphatic carbocycles. The van der Waals surface area contributed by atoms with Gasteiger partial charge in [0.15, 0.2) is 0 Å². The molecule has 0 aliphatic heterocycles. The number of carbonyl (C=O) groups is 1. The van der Waals surface area contributed by atoms with Crippen molar-refractivity contribution in [3.8, 4) is 11.5 Å². The molecule has 0 fully saturated rings. The van der Waals surface area contributed by atoms with Crippen molar-refractivity contribution in [3.63, 3.8) is 0 Å². The highest BCUT2D eigenvalue weighted by molar-refractivity contribution is 9.10. The molecule has 4 heteroatoms. The molecule has 0 spiro atoms. The van der Waals surface area contributed by atoms with Gasteiger partial charge in [0.25, 0.3) is 0 Å². The van der Waals surface area contributed by atoms with Crippen LogP contribution >= 0.6 is 15.9 Å². The Hall–Kier alpha value is -1.81. The zero-order valence-electron chi connectivity index (χ0n) is 12.1. The first-order chi connectivity index (χ1) is 10.1. The van der Waals surface area contributed by atoms with Gasteiger partial charge in [-0.2, -0.15) is 0 Å². The van der Waals surface area contributed by atoms with E-state index in [9.17, 15) is 4.79 Å². The fourth-order valence-electron chi connectivity index (χ4n) is 1.82. The Bertz CT molecular complexity index is 638. The molecule has 0 radical (unpaired) electrons. The van der Waals surface area contributed by atoms with E-state index in [0.717, 1.165) is 16.5 Å². The maximum absolute atomic E-state index is 12.2. The van der Waals surface area contributed by atoms with E-state index in [1.54, 1.807) is 24.3 Å². The largest absolute Gasteiger partial charge is 0.494 e. The van der Waals surface area contributed by atoms with Gasteiger partial charge in [0.2, 0.25) is 0 Å². The average Bonchev–Trinajstić information content (AvgIpc) is 2.48. The van der Waals surface area contributed by atoms with E-state index in [1.165, 1.54) is 0 Å². The summed E-state index contributed by atoms with van der Waals surface area (Å²) < 4.78 is 11.9. The predicted molar refractivity (Wildman–Crippen MR) is 86.1 cm³/mol. The van der Waals surface area contributed by atoms with E-state index in [0.29, 0.717) is 23.7 Å². The van der Waals surface area contributed by atoms with Gasteiger partial charge in [-0.25, -0.2) is 4.79 Å². The quantitative estimate of drug-likeness (QED) is 0.576. The number of hydrogen-bond acceptors (Lipinski definition) is 3. The summed E-state index contributed by atoms with van der Waals surface area (Å²) in [5.41, 5.74) is 1.38. The minimum absolute atomic E-state index is 0.387. The zero-order valence-corrected chi connectivity index (χ0v) is 13.6. The zero-order chi connectivity index (χ0) is 15.2. The monoisotopic (exact) mass is 348 g/mol. The predicted octanol–water partition coefficient (Wildman–Crippen LogP) is 4.77. The lowest BCUT2D eigenvalue weighted by Gasteiger charge is -2.09. The molecule has 0 aromatic heterocycles. The molecule has 2 rings (SSSR count). The number of hydrogen-bond donors (Lipinski definition) is 0. The topological polar surface area (TPSA) is 35.5 Å². The second-order valence-corrected chi connectivity index (χ2v) is 5.59. The summed E-state index contributed by atoms with van der Waals surface area (Å²) in [6, 6.07) is 12.6. The van der Waals surface area contributed by atoms with Crippen LogP contribution in [0.1, 0.15) is 29.3 Å². The number of rotatable bonds is 5. The minimum atomic E-state index is -0.387. The molecule has 0 bridgehead atoms. The van der Waals surface area contributed by atoms with Gasteiger partial charge < -0.3 is 9.47 Å². The number of esters is 1. The Labute approximate surface area is 133 Å². The first-order valence-corrected chi connectivity index (χ1v) is 7.60. The Balaban J connectivity index is 2.12. The van der Waals surface area contributed by atoms with Crippen molar-refractivity contribution in [2.45, 2.75) is 20.3 Å². The van der Waals surface area contributed by atoms with Crippen molar-refractivity contribution in [1.29, 1.82) is 0 Å². The summed E-state index contributed by atoms with van der Waals surface area (Å²) in [5.74, 6) is 0.851. The maximum Gasteiger partial charge on any atom is 0.343 e. The van der Waals surface area contributed by atoms with Crippen LogP contribution in [0.2, 0.25) is 0 Å². The number of ether oxygens (including phenoxy) is 2. The van der Waals surface area contributed by atoms with Crippen LogP contribution in [0.3, 0.4) is 0 Å². The maximum atomic E-state index is 12.2. The molecule has 0 saturated carbocycles. The van der Waals surface area contributed by atoms with Crippen LogP contribution in [-0.4, -0.2) is 12.6 Å². The summed E-state index contributed by atoms with van der Waals surface area (Å²) >= 11 is 3.38. The lowest BCUT2D eigenvalue weighted by atomic mass is 10.2. The van der Waals surface area contributed by atoms with Crippen molar-refractivity contribution in [1.82, 2.24) is 0 Å². The molecule has 2 aromatic rings. The smallest absolute Gasteiger partial charge is 0.343 e. The van der Waals surface area contributed by atoms with Gasteiger partial charge in [0.1, 0.15) is 11.5 Å². The molecule has 0 saturated heterocycles. The fraction of sp³-hybridized carbons (Fsp3) is 0.235. The first kappa shape index (κ1) is 15.6. The number of halogens is 1. The third kappa shape index (κ3) is 4.33. The van der Waals surface area contributed by atoms with Crippen LogP contribution in [0.4, 0.5) is 0 Å². The van der Waals surface area contributed by atoms with E-state index in [-0.39, 0.29) is 5.97 Å². The van der Waals surface area contributed by atoms with E-state index < -0.39 is 0 Å². The van der Waals surface area contributed by atoms with Gasteiger partial charge >= 0.3 is 5.97 Å². The van der Waals surface area contributed by atoms with Crippen molar-refractivity contribution < 1.29 is 14.3 Å². The third-order valence-corrected chi connectivity index (χ3v) is 3.38. The second-order valence-electron chi connectivity index (χ2n) is 4.68. The summed E-state index contributed by atoms with van der Waals surface area (Å²) in [6.07, 6.45) is 0.923. The van der Waals surface area contributed by atoms with Crippen LogP contribution < -0.4 is 9.47 Å². The molecule has 0 atom stereocenters. The molecule has 110 valence electrons. The minimum Gasteiger partial charge on any atom is -0.494 e. The Morgan fingerprint density at radius 2 is 2.00 bits per heavy atom. The number of benzene rings is 2. The molecular formula is C17H17BrO3. The highest BCUT2D eigenvalue weighted by atomic mass is 79.9. The number of carbonyl (C=O) groups excluding carboxylic acids is 1. The molecule has 2 aromatic carbocycles. The van der Waals surface area contributed by atoms with Crippen LogP contribution in [0, 0.1) is 6.92 Å². The highest BCUT2D eigenvalue weighted by Gasteiger charge is 2.11. The molecule has 0 amide bonds. The third-order valence-electron chi connectivity index (χ3n) is 2.88. The normalized spacial score (nSPS) is 10.2. The van der Waals surface area contributed by atoms with Crippen LogP contribution in [0.5, 0.6) is 11.5 Å². The first-order valence-electron chi connectivity index (χ1n) is 6.81. The lowest BCUT2D eigenvalue weighted by molar-refractivity contribution is 0.0733. The molecule has 0 heterocycles. The SMILES string of the molecule is CCCOc1cccc(C(=O)Oc2ccc(Br)cc2C)c1. The summed E-state index contributed by atoms with van der Waals surface area (Å²) in [7, 11) is 0. The van der Waals surface area contributed by atoms with Gasteiger partial charge in [0.05, 0.1) is 12.2 Å². The summed E-state index contributed by atoms with van der Waals surface area (Å²) in [4.78, 5) is 12.2. The van der Waals surface area contributed by atoms with Gasteiger partial charge in [-0.05, 0) is 55.3 Å². The molecule has 21 heavy (non-hydrogen) atoms. The van der Waals surface area contributed by atoms with Gasteiger partial charge in [0, 0.05) is 4.47 Å². The van der Waals surface area contributed by atoms with Crippen molar-refractivity contribution in [2.75, 3.05) is 6.61 Å². The van der Waals surface area contributed by atoms with Gasteiger partial charge in [-0.1, -0.05) is 28.9 Å². The molecule has 0 N–H and O–H groups in total. The lowest BCUT2D eigenvalue weighted by Crippen LogP contribution is -2.09. The Morgan fingerprint density at radius 1 is 1.19 bits per heavy atom. The average molecular weight is 349 g/mol. The standard InChI is InChI=1S/C17H17BrO3/c1-3-9-20-15-6-4-5-13(11-15)17(19)21-16-8-7-14(18)10-12(16)2/h4-8,10-11H,3,9H2,1-2H3. The van der Waals surface area contributed by atoms with E-state index in [2.05, 4.69) is 15.9 Å². The van der Waals surface area contributed by atoms with Gasteiger partial charge in [-0.15, -0.1) is 0 Å². The Morgan fingerprint density at radius 3 is 2.71 bits per heavy atom. The van der Waals surface area contributed by atoms with Crippen molar-refractivity contribution in [2.24, 2.45) is 0 Å². The van der Waals surface area contributed by atoms with Crippen LogP contribution in [0.25, 0.3) is 0 Å². The molecule has 3 nitrogen and oxygen atoms in total. The van der Waals surface area contributed by atoms with Crippen LogP contribution in [0.15, 0.2) is 46.9 Å². The number of aryl methyl sites for hydroxylation is 1. The molecule has 0 aliphatic rings. The van der Waals surface area contributed by atoms with Gasteiger partial charge in [-0.3, -0.25) is 0 Å². The van der Waals surface area contributed by atoms with Crippen molar-refractivity contribution >= 4 is 21.9 Å². The van der Waals surface area contributed by atoms with Crippen LogP contribution in [-0.2, 0) is 0 Å². The van der Waals surface area contributed by atoms with E-state index >= 15 is 0 Å². The van der Waals surface area contributed by atoms with E-state index in [4.69, 9.17) is 9.47 Å². The second kappa shape index (κ2) is 7.27. The Kier molecular flexibility index (Phi) is 5.39. The summed E-state index contributed by atoms with van der Waals surface area (Å²) in [6.45, 7) is 4.56. The molecular weight excluding hydrogens is 332 g/mol. The summed E-state index contributed by atoms with van der Waals surface area (Å²) in [5, 5.41) is 0. The van der Waals surface area contributed by atoms with Crippen molar-refractivity contribution in [3.05, 3.63) is 58.1 Å². The molecule has 0 unspecified atom stereocenters.